The molecule has 2 aromatic heterocycles. The van der Waals surface area contributed by atoms with E-state index in [-0.39, 0.29) is 12.5 Å². The van der Waals surface area contributed by atoms with Crippen molar-refractivity contribution in [3.8, 4) is 11.8 Å². The summed E-state index contributed by atoms with van der Waals surface area (Å²) in [6, 6.07) is 5.70. The molecule has 1 amide bonds. The van der Waals surface area contributed by atoms with E-state index in [2.05, 4.69) is 22.1 Å². The van der Waals surface area contributed by atoms with Crippen LogP contribution in [0.15, 0.2) is 29.8 Å². The average molecular weight is 285 g/mol. The zero-order chi connectivity index (χ0) is 14.4. The third-order valence-electron chi connectivity index (χ3n) is 2.62. The summed E-state index contributed by atoms with van der Waals surface area (Å²) in [5.74, 6) is 5.54. The second kappa shape index (κ2) is 6.85. The molecule has 20 heavy (non-hydrogen) atoms. The van der Waals surface area contributed by atoms with Crippen LogP contribution < -0.4 is 11.1 Å². The maximum atomic E-state index is 12.1. The van der Waals surface area contributed by atoms with Gasteiger partial charge in [0.2, 0.25) is 0 Å². The average Bonchev–Trinajstić information content (AvgIpc) is 2.92. The molecule has 0 aliphatic heterocycles. The Morgan fingerprint density at radius 2 is 2.30 bits per heavy atom. The van der Waals surface area contributed by atoms with Crippen LogP contribution in [-0.4, -0.2) is 17.4 Å². The van der Waals surface area contributed by atoms with E-state index in [9.17, 15) is 4.79 Å². The summed E-state index contributed by atoms with van der Waals surface area (Å²) >= 11 is 1.37. The Morgan fingerprint density at radius 1 is 1.45 bits per heavy atom. The van der Waals surface area contributed by atoms with Crippen molar-refractivity contribution < 1.29 is 4.79 Å². The number of rotatable bonds is 3. The van der Waals surface area contributed by atoms with Crippen molar-refractivity contribution in [2.75, 3.05) is 6.54 Å². The van der Waals surface area contributed by atoms with Gasteiger partial charge in [0.1, 0.15) is 4.88 Å². The highest BCUT2D eigenvalue weighted by Crippen LogP contribution is 2.15. The molecule has 0 saturated carbocycles. The molecule has 5 heteroatoms. The minimum absolute atomic E-state index is 0.123. The van der Waals surface area contributed by atoms with Crippen LogP contribution in [0.4, 0.5) is 0 Å². The number of pyridine rings is 1. The molecule has 2 rings (SSSR count). The second-order valence-electron chi connectivity index (χ2n) is 4.16. The number of amides is 1. The maximum absolute atomic E-state index is 12.1. The van der Waals surface area contributed by atoms with E-state index >= 15 is 0 Å². The lowest BCUT2D eigenvalue weighted by molar-refractivity contribution is 0.0955. The van der Waals surface area contributed by atoms with Gasteiger partial charge in [-0.25, -0.2) is 0 Å². The third-order valence-corrected chi connectivity index (χ3v) is 3.54. The molecular formula is C15H15N3OS. The lowest BCUT2D eigenvalue weighted by atomic mass is 10.2. The molecule has 0 bridgehead atoms. The number of carbonyl (C=O) groups excluding carboxylic acids is 1. The Hall–Kier alpha value is -2.16. The van der Waals surface area contributed by atoms with Gasteiger partial charge in [-0.3, -0.25) is 9.78 Å². The summed E-state index contributed by atoms with van der Waals surface area (Å²) in [4.78, 5) is 16.9. The first kappa shape index (κ1) is 14.3. The fraction of sp³-hybridized carbons (Fsp3) is 0.200. The zero-order valence-corrected chi connectivity index (χ0v) is 12.0. The van der Waals surface area contributed by atoms with Gasteiger partial charge in [0.05, 0.1) is 6.54 Å². The van der Waals surface area contributed by atoms with Crippen LogP contribution in [0.3, 0.4) is 0 Å². The van der Waals surface area contributed by atoms with Crippen molar-refractivity contribution >= 4 is 17.2 Å². The third kappa shape index (κ3) is 3.67. The minimum Gasteiger partial charge on any atom is -0.347 e. The molecule has 0 atom stereocenters. The van der Waals surface area contributed by atoms with E-state index in [1.54, 1.807) is 6.20 Å². The highest BCUT2D eigenvalue weighted by molar-refractivity contribution is 7.12. The molecule has 0 spiro atoms. The van der Waals surface area contributed by atoms with Crippen molar-refractivity contribution in [3.05, 3.63) is 51.5 Å². The summed E-state index contributed by atoms with van der Waals surface area (Å²) in [5.41, 5.74) is 7.99. The summed E-state index contributed by atoms with van der Waals surface area (Å²) in [7, 11) is 0. The maximum Gasteiger partial charge on any atom is 0.262 e. The first-order valence-electron chi connectivity index (χ1n) is 6.17. The molecule has 0 aliphatic carbocycles. The van der Waals surface area contributed by atoms with Gasteiger partial charge in [0.25, 0.3) is 5.91 Å². The number of aromatic nitrogens is 1. The van der Waals surface area contributed by atoms with Crippen LogP contribution in [0, 0.1) is 18.8 Å². The number of nitrogens with zero attached hydrogens (tertiary/aromatic N) is 1. The van der Waals surface area contributed by atoms with Gasteiger partial charge in [-0.05, 0) is 30.0 Å². The Labute approximate surface area is 122 Å². The zero-order valence-electron chi connectivity index (χ0n) is 11.1. The highest BCUT2D eigenvalue weighted by atomic mass is 32.1. The Kier molecular flexibility index (Phi) is 4.88. The standard InChI is InChI=1S/C15H15N3OS/c1-11-4-5-12(9-17-11)10-18-15(19)14-13(3-2-7-16)6-8-20-14/h4-6,8-9H,7,10,16H2,1H3,(H,18,19). The van der Waals surface area contributed by atoms with Crippen molar-refractivity contribution in [1.82, 2.24) is 10.3 Å². The Balaban J connectivity index is 2.02. The number of hydrogen-bond acceptors (Lipinski definition) is 4. The Morgan fingerprint density at radius 3 is 3.00 bits per heavy atom. The van der Waals surface area contributed by atoms with E-state index in [0.717, 1.165) is 16.8 Å². The van der Waals surface area contributed by atoms with Gasteiger partial charge in [0.15, 0.2) is 0 Å². The predicted molar refractivity (Wildman–Crippen MR) is 80.4 cm³/mol. The summed E-state index contributed by atoms with van der Waals surface area (Å²) in [6.45, 7) is 2.66. The quantitative estimate of drug-likeness (QED) is 0.843. The lowest BCUT2D eigenvalue weighted by Gasteiger charge is -2.04. The van der Waals surface area contributed by atoms with Gasteiger partial charge in [-0.2, -0.15) is 0 Å². The van der Waals surface area contributed by atoms with Crippen molar-refractivity contribution in [1.29, 1.82) is 0 Å². The van der Waals surface area contributed by atoms with Crippen LogP contribution in [0.5, 0.6) is 0 Å². The molecule has 102 valence electrons. The molecule has 2 heterocycles. The number of aryl methyl sites for hydroxylation is 1. The van der Waals surface area contributed by atoms with Gasteiger partial charge in [0, 0.05) is 24.0 Å². The fourth-order valence-corrected chi connectivity index (χ4v) is 2.36. The van der Waals surface area contributed by atoms with Crippen molar-refractivity contribution in [2.24, 2.45) is 5.73 Å². The molecule has 0 fully saturated rings. The molecule has 0 saturated heterocycles. The first-order valence-corrected chi connectivity index (χ1v) is 7.05. The second-order valence-corrected chi connectivity index (χ2v) is 5.08. The van der Waals surface area contributed by atoms with Gasteiger partial charge < -0.3 is 11.1 Å². The van der Waals surface area contributed by atoms with E-state index < -0.39 is 0 Å². The van der Waals surface area contributed by atoms with E-state index in [0.29, 0.717) is 11.4 Å². The number of carbonyl (C=O) groups is 1. The normalized spacial score (nSPS) is 9.70. The van der Waals surface area contributed by atoms with Crippen LogP contribution in [-0.2, 0) is 6.54 Å². The first-order chi connectivity index (χ1) is 9.70. The molecule has 3 N–H and O–H groups in total. The number of nitrogens with two attached hydrogens (primary N) is 1. The minimum atomic E-state index is -0.123. The molecule has 4 nitrogen and oxygen atoms in total. The Bertz CT molecular complexity index is 650. The van der Waals surface area contributed by atoms with E-state index in [1.807, 2.05) is 30.5 Å². The molecule has 0 aliphatic rings. The van der Waals surface area contributed by atoms with Crippen molar-refractivity contribution in [3.63, 3.8) is 0 Å². The number of thiophene rings is 1. The van der Waals surface area contributed by atoms with Gasteiger partial charge >= 0.3 is 0 Å². The fourth-order valence-electron chi connectivity index (χ4n) is 1.60. The smallest absolute Gasteiger partial charge is 0.262 e. The largest absolute Gasteiger partial charge is 0.347 e. The van der Waals surface area contributed by atoms with E-state index in [1.165, 1.54) is 11.3 Å². The van der Waals surface area contributed by atoms with Crippen LogP contribution in [0.25, 0.3) is 0 Å². The summed E-state index contributed by atoms with van der Waals surface area (Å²) in [5, 5.41) is 4.72. The molecule has 2 aromatic rings. The van der Waals surface area contributed by atoms with Gasteiger partial charge in [-0.1, -0.05) is 17.9 Å². The number of nitrogens with one attached hydrogen (secondary N) is 1. The van der Waals surface area contributed by atoms with Crippen LogP contribution in [0.2, 0.25) is 0 Å². The highest BCUT2D eigenvalue weighted by Gasteiger charge is 2.11. The van der Waals surface area contributed by atoms with Crippen molar-refractivity contribution in [2.45, 2.75) is 13.5 Å². The van der Waals surface area contributed by atoms with Gasteiger partial charge in [-0.15, -0.1) is 11.3 Å². The van der Waals surface area contributed by atoms with Crippen LogP contribution >= 0.6 is 11.3 Å². The summed E-state index contributed by atoms with van der Waals surface area (Å²) in [6.07, 6.45) is 1.76. The molecular weight excluding hydrogens is 270 g/mol. The lowest BCUT2D eigenvalue weighted by Crippen LogP contribution is -2.22. The van der Waals surface area contributed by atoms with Crippen LogP contribution in [0.1, 0.15) is 26.5 Å². The number of hydrogen-bond donors (Lipinski definition) is 2. The molecule has 0 aromatic carbocycles. The van der Waals surface area contributed by atoms with E-state index in [4.69, 9.17) is 5.73 Å². The summed E-state index contributed by atoms with van der Waals surface area (Å²) < 4.78 is 0. The predicted octanol–water partition coefficient (Wildman–Crippen LogP) is 1.69. The monoisotopic (exact) mass is 285 g/mol. The SMILES string of the molecule is Cc1ccc(CNC(=O)c2sccc2C#CCN)cn1. The topological polar surface area (TPSA) is 68.0 Å². The molecule has 0 unspecified atom stereocenters. The molecule has 0 radical (unpaired) electrons.